The average molecular weight is 523 g/mol. The lowest BCUT2D eigenvalue weighted by Gasteiger charge is -2.36. The van der Waals surface area contributed by atoms with Crippen molar-refractivity contribution in [2.24, 2.45) is 0 Å². The molecule has 0 fully saturated rings. The van der Waals surface area contributed by atoms with E-state index in [0.717, 1.165) is 0 Å². The fraction of sp³-hybridized carbons (Fsp3) is 0.0732. The minimum absolute atomic E-state index is 0.0730. The van der Waals surface area contributed by atoms with E-state index in [4.69, 9.17) is 0 Å². The molecule has 0 saturated heterocycles. The molecular formula is C41H30. The molecule has 0 radical (unpaired) electrons. The Morgan fingerprint density at radius 3 is 1.63 bits per heavy atom. The second-order valence-electron chi connectivity index (χ2n) is 11.7. The van der Waals surface area contributed by atoms with Crippen LogP contribution in [-0.4, -0.2) is 0 Å². The number of hydrogen-bond donors (Lipinski definition) is 0. The molecule has 0 aromatic heterocycles. The predicted octanol–water partition coefficient (Wildman–Crippen LogP) is 11.3. The smallest absolute Gasteiger partial charge is 0.0159 e. The van der Waals surface area contributed by atoms with Crippen LogP contribution in [0.3, 0.4) is 0 Å². The van der Waals surface area contributed by atoms with Crippen LogP contribution in [0.1, 0.15) is 25.0 Å². The first-order valence-corrected chi connectivity index (χ1v) is 14.5. The van der Waals surface area contributed by atoms with Crippen molar-refractivity contribution >= 4 is 21.5 Å². The molecule has 41 heavy (non-hydrogen) atoms. The van der Waals surface area contributed by atoms with E-state index in [1.807, 2.05) is 0 Å². The highest BCUT2D eigenvalue weighted by atomic mass is 14.4. The average Bonchev–Trinajstić information content (AvgIpc) is 3.03. The molecule has 0 unspecified atom stereocenters. The van der Waals surface area contributed by atoms with Gasteiger partial charge in [0.05, 0.1) is 0 Å². The molecule has 0 heteroatoms. The van der Waals surface area contributed by atoms with Crippen LogP contribution in [-0.2, 0) is 5.41 Å². The third kappa shape index (κ3) is 3.61. The van der Waals surface area contributed by atoms with E-state index in [9.17, 15) is 0 Å². The Morgan fingerprint density at radius 1 is 0.366 bits per heavy atom. The molecule has 0 spiro atoms. The van der Waals surface area contributed by atoms with Gasteiger partial charge in [0.25, 0.3) is 0 Å². The summed E-state index contributed by atoms with van der Waals surface area (Å²) in [7, 11) is 0. The molecule has 0 amide bonds. The van der Waals surface area contributed by atoms with Crippen molar-refractivity contribution in [1.82, 2.24) is 0 Å². The second kappa shape index (κ2) is 9.04. The molecule has 0 N–H and O–H groups in total. The van der Waals surface area contributed by atoms with Crippen LogP contribution >= 0.6 is 0 Å². The SMILES string of the molecule is CC1(C)c2ccccc2-c2c3ccccc3c(-c3ccc(-c4cccc(-c5ccccc5)c4)cc3)c3cccc1c23. The van der Waals surface area contributed by atoms with Crippen LogP contribution in [0.2, 0.25) is 0 Å². The third-order valence-electron chi connectivity index (χ3n) is 9.07. The van der Waals surface area contributed by atoms with Gasteiger partial charge in [0.1, 0.15) is 0 Å². The lowest BCUT2D eigenvalue weighted by molar-refractivity contribution is 0.645. The summed E-state index contributed by atoms with van der Waals surface area (Å²) >= 11 is 0. The highest BCUT2D eigenvalue weighted by Gasteiger charge is 2.34. The summed E-state index contributed by atoms with van der Waals surface area (Å²) < 4.78 is 0. The normalized spacial score (nSPS) is 13.3. The maximum Gasteiger partial charge on any atom is 0.0159 e. The van der Waals surface area contributed by atoms with Crippen molar-refractivity contribution in [3.05, 3.63) is 157 Å². The molecule has 1 aliphatic rings. The molecule has 7 aromatic rings. The summed E-state index contributed by atoms with van der Waals surface area (Å²) in [5.74, 6) is 0. The first-order valence-electron chi connectivity index (χ1n) is 14.5. The van der Waals surface area contributed by atoms with Crippen molar-refractivity contribution in [3.8, 4) is 44.5 Å². The largest absolute Gasteiger partial charge is 0.0622 e. The van der Waals surface area contributed by atoms with Gasteiger partial charge in [0.15, 0.2) is 0 Å². The number of rotatable bonds is 3. The van der Waals surface area contributed by atoms with E-state index in [2.05, 4.69) is 159 Å². The predicted molar refractivity (Wildman–Crippen MR) is 175 cm³/mol. The Morgan fingerprint density at radius 2 is 0.878 bits per heavy atom. The van der Waals surface area contributed by atoms with Gasteiger partial charge in [-0.05, 0) is 83.2 Å². The monoisotopic (exact) mass is 522 g/mol. The highest BCUT2D eigenvalue weighted by Crippen LogP contribution is 2.53. The Labute approximate surface area is 241 Å². The van der Waals surface area contributed by atoms with E-state index in [1.54, 1.807) is 0 Å². The first kappa shape index (κ1) is 23.9. The zero-order chi connectivity index (χ0) is 27.6. The Bertz CT molecular complexity index is 2090. The van der Waals surface area contributed by atoms with E-state index in [0.29, 0.717) is 0 Å². The number of benzene rings is 7. The minimum atomic E-state index is -0.0730. The van der Waals surface area contributed by atoms with Gasteiger partial charge in [-0.1, -0.05) is 153 Å². The van der Waals surface area contributed by atoms with Crippen LogP contribution in [0.4, 0.5) is 0 Å². The zero-order valence-corrected chi connectivity index (χ0v) is 23.4. The maximum atomic E-state index is 2.37. The van der Waals surface area contributed by atoms with Crippen LogP contribution in [0.5, 0.6) is 0 Å². The molecule has 7 aromatic carbocycles. The van der Waals surface area contributed by atoms with Gasteiger partial charge in [-0.2, -0.15) is 0 Å². The summed E-state index contributed by atoms with van der Waals surface area (Å²) in [6.07, 6.45) is 0. The molecule has 0 atom stereocenters. The van der Waals surface area contributed by atoms with Crippen LogP contribution in [0.25, 0.3) is 66.1 Å². The van der Waals surface area contributed by atoms with E-state index in [-0.39, 0.29) is 5.41 Å². The van der Waals surface area contributed by atoms with Crippen LogP contribution < -0.4 is 0 Å². The van der Waals surface area contributed by atoms with Gasteiger partial charge in [-0.25, -0.2) is 0 Å². The standard InChI is InChI=1S/C41H30/c1-41(2)36-20-9-8-18-34(36)39-33-17-7-6-16-32(33)38(35-19-11-21-37(41)40(35)39)29-24-22-28(23-25-29)31-15-10-14-30(26-31)27-12-4-3-5-13-27/h3-26H,1-2H3. The van der Waals surface area contributed by atoms with Gasteiger partial charge in [-0.15, -0.1) is 0 Å². The summed E-state index contributed by atoms with van der Waals surface area (Å²) in [5.41, 5.74) is 13.0. The van der Waals surface area contributed by atoms with E-state index >= 15 is 0 Å². The van der Waals surface area contributed by atoms with Crippen molar-refractivity contribution in [2.75, 3.05) is 0 Å². The van der Waals surface area contributed by atoms with Crippen molar-refractivity contribution < 1.29 is 0 Å². The second-order valence-corrected chi connectivity index (χ2v) is 11.7. The Balaban J connectivity index is 1.34. The van der Waals surface area contributed by atoms with Gasteiger partial charge >= 0.3 is 0 Å². The Hall–Kier alpha value is -4.94. The maximum absolute atomic E-state index is 2.37. The van der Waals surface area contributed by atoms with Crippen LogP contribution in [0, 0.1) is 0 Å². The zero-order valence-electron chi connectivity index (χ0n) is 23.4. The number of hydrogen-bond acceptors (Lipinski definition) is 0. The molecule has 1 aliphatic carbocycles. The quantitative estimate of drug-likeness (QED) is 0.202. The topological polar surface area (TPSA) is 0 Å². The molecule has 0 saturated carbocycles. The molecule has 194 valence electrons. The van der Waals surface area contributed by atoms with Gasteiger partial charge < -0.3 is 0 Å². The first-order chi connectivity index (χ1) is 20.1. The van der Waals surface area contributed by atoms with E-state index < -0.39 is 0 Å². The fourth-order valence-electron chi connectivity index (χ4n) is 7.07. The summed E-state index contributed by atoms with van der Waals surface area (Å²) in [5, 5.41) is 5.35. The lowest BCUT2D eigenvalue weighted by atomic mass is 9.67. The van der Waals surface area contributed by atoms with Gasteiger partial charge in [0, 0.05) is 5.41 Å². The van der Waals surface area contributed by atoms with Gasteiger partial charge in [-0.3, -0.25) is 0 Å². The highest BCUT2D eigenvalue weighted by molar-refractivity contribution is 6.23. The molecule has 0 bridgehead atoms. The van der Waals surface area contributed by atoms with Crippen molar-refractivity contribution in [1.29, 1.82) is 0 Å². The minimum Gasteiger partial charge on any atom is -0.0622 e. The molecule has 0 heterocycles. The molecule has 0 nitrogen and oxygen atoms in total. The van der Waals surface area contributed by atoms with Crippen LogP contribution in [0.15, 0.2) is 146 Å². The lowest BCUT2D eigenvalue weighted by Crippen LogP contribution is -2.23. The number of fused-ring (bicyclic) bond motifs is 4. The summed E-state index contributed by atoms with van der Waals surface area (Å²) in [4.78, 5) is 0. The molecular weight excluding hydrogens is 492 g/mol. The summed E-state index contributed by atoms with van der Waals surface area (Å²) in [6.45, 7) is 4.74. The van der Waals surface area contributed by atoms with Crippen molar-refractivity contribution in [3.63, 3.8) is 0 Å². The molecule has 8 rings (SSSR count). The fourth-order valence-corrected chi connectivity index (χ4v) is 7.07. The summed E-state index contributed by atoms with van der Waals surface area (Å²) in [6, 6.07) is 53.5. The van der Waals surface area contributed by atoms with E-state index in [1.165, 1.54) is 77.2 Å². The molecule has 0 aliphatic heterocycles. The Kier molecular flexibility index (Phi) is 5.27. The van der Waals surface area contributed by atoms with Gasteiger partial charge in [0.2, 0.25) is 0 Å². The third-order valence-corrected chi connectivity index (χ3v) is 9.07. The van der Waals surface area contributed by atoms with Crippen molar-refractivity contribution in [2.45, 2.75) is 19.3 Å².